The smallest absolute Gasteiger partial charge is 0.143 e. The van der Waals surface area contributed by atoms with Crippen molar-refractivity contribution < 1.29 is 4.42 Å². The maximum absolute atomic E-state index is 6.58. The number of fused-ring (bicyclic) bond motifs is 3. The number of para-hydroxylation sites is 5. The molecule has 242 valence electrons. The third-order valence-electron chi connectivity index (χ3n) is 9.43. The fourth-order valence-corrected chi connectivity index (χ4v) is 7.00. The number of nitrogens with zero attached hydrogens (tertiary/aromatic N) is 2. The second kappa shape index (κ2) is 13.2. The van der Waals surface area contributed by atoms with Crippen molar-refractivity contribution >= 4 is 56.1 Å². The first-order chi connectivity index (χ1) is 25.3. The van der Waals surface area contributed by atoms with Gasteiger partial charge in [-0.3, -0.25) is 0 Å². The number of hydrogen-bond acceptors (Lipinski definition) is 3. The van der Waals surface area contributed by atoms with Gasteiger partial charge in [0.05, 0.1) is 0 Å². The minimum absolute atomic E-state index is 0.888. The van der Waals surface area contributed by atoms with Crippen LogP contribution in [0.25, 0.3) is 44.2 Å². The molecule has 0 aliphatic rings. The lowest BCUT2D eigenvalue weighted by molar-refractivity contribution is 0.670. The summed E-state index contributed by atoms with van der Waals surface area (Å²) >= 11 is 0. The van der Waals surface area contributed by atoms with Gasteiger partial charge in [-0.25, -0.2) is 0 Å². The van der Waals surface area contributed by atoms with Crippen LogP contribution in [0, 0.1) is 0 Å². The van der Waals surface area contributed by atoms with Crippen molar-refractivity contribution in [1.29, 1.82) is 0 Å². The largest absolute Gasteiger partial charge is 0.455 e. The molecule has 1 aromatic heterocycles. The van der Waals surface area contributed by atoms with Gasteiger partial charge in [0.15, 0.2) is 0 Å². The van der Waals surface area contributed by atoms with Gasteiger partial charge in [-0.2, -0.15) is 0 Å². The molecule has 51 heavy (non-hydrogen) atoms. The van der Waals surface area contributed by atoms with Crippen molar-refractivity contribution in [1.82, 2.24) is 0 Å². The Morgan fingerprint density at radius 1 is 0.294 bits per heavy atom. The Morgan fingerprint density at radius 2 is 0.686 bits per heavy atom. The van der Waals surface area contributed by atoms with Gasteiger partial charge in [0.1, 0.15) is 11.2 Å². The topological polar surface area (TPSA) is 19.6 Å². The van der Waals surface area contributed by atoms with E-state index in [9.17, 15) is 0 Å². The predicted molar refractivity (Wildman–Crippen MR) is 214 cm³/mol. The van der Waals surface area contributed by atoms with E-state index in [4.69, 9.17) is 4.42 Å². The average Bonchev–Trinajstić information content (AvgIpc) is 3.59. The standard InChI is InChI=1S/C48H34N2O/c1-5-15-38(16-6-1)49(39-17-7-2-8-18-39)42-29-25-35(26-30-42)37-33-45(48-46(34-37)44-23-13-14-24-47(44)51-48)36-27-31-43(32-28-36)50(40-19-9-3-10-20-40)41-21-11-4-12-22-41/h1-34H. The third kappa shape index (κ3) is 5.81. The Balaban J connectivity index is 1.14. The van der Waals surface area contributed by atoms with E-state index in [1.54, 1.807) is 0 Å². The van der Waals surface area contributed by atoms with Crippen LogP contribution >= 0.6 is 0 Å². The first-order valence-corrected chi connectivity index (χ1v) is 17.3. The van der Waals surface area contributed by atoms with Gasteiger partial charge in [-0.1, -0.05) is 115 Å². The fraction of sp³-hybridized carbons (Fsp3) is 0. The molecule has 8 aromatic carbocycles. The summed E-state index contributed by atoms with van der Waals surface area (Å²) in [5, 5.41) is 2.22. The summed E-state index contributed by atoms with van der Waals surface area (Å²) in [5.41, 5.74) is 12.9. The fourth-order valence-electron chi connectivity index (χ4n) is 7.00. The third-order valence-corrected chi connectivity index (χ3v) is 9.43. The molecule has 0 radical (unpaired) electrons. The summed E-state index contributed by atoms with van der Waals surface area (Å²) in [6.45, 7) is 0. The molecule has 3 nitrogen and oxygen atoms in total. The lowest BCUT2D eigenvalue weighted by Crippen LogP contribution is -2.09. The molecule has 0 amide bonds. The van der Waals surface area contributed by atoms with E-state index in [2.05, 4.69) is 210 Å². The Kier molecular flexibility index (Phi) is 7.84. The van der Waals surface area contributed by atoms with Gasteiger partial charge in [0, 0.05) is 50.5 Å². The van der Waals surface area contributed by atoms with Gasteiger partial charge < -0.3 is 14.2 Å². The maximum Gasteiger partial charge on any atom is 0.143 e. The van der Waals surface area contributed by atoms with Crippen LogP contribution in [-0.4, -0.2) is 0 Å². The lowest BCUT2D eigenvalue weighted by Gasteiger charge is -2.25. The van der Waals surface area contributed by atoms with Crippen LogP contribution in [0.5, 0.6) is 0 Å². The number of furan rings is 1. The van der Waals surface area contributed by atoms with Crippen molar-refractivity contribution in [3.63, 3.8) is 0 Å². The van der Waals surface area contributed by atoms with Crippen LogP contribution in [0.2, 0.25) is 0 Å². The van der Waals surface area contributed by atoms with Gasteiger partial charge >= 0.3 is 0 Å². The minimum atomic E-state index is 0.888. The van der Waals surface area contributed by atoms with Crippen LogP contribution in [0.3, 0.4) is 0 Å². The average molecular weight is 655 g/mol. The van der Waals surface area contributed by atoms with E-state index in [0.717, 1.165) is 78.3 Å². The molecule has 9 aromatic rings. The highest BCUT2D eigenvalue weighted by atomic mass is 16.3. The van der Waals surface area contributed by atoms with E-state index in [1.807, 2.05) is 6.07 Å². The molecule has 3 heteroatoms. The zero-order valence-corrected chi connectivity index (χ0v) is 27.9. The van der Waals surface area contributed by atoms with Crippen LogP contribution < -0.4 is 9.80 Å². The Hall–Kier alpha value is -6.84. The molecular formula is C48H34N2O. The number of anilines is 6. The molecular weight excluding hydrogens is 621 g/mol. The molecule has 0 aliphatic carbocycles. The second-order valence-corrected chi connectivity index (χ2v) is 12.6. The molecule has 0 saturated carbocycles. The van der Waals surface area contributed by atoms with Gasteiger partial charge in [0.2, 0.25) is 0 Å². The second-order valence-electron chi connectivity index (χ2n) is 12.6. The summed E-state index contributed by atoms with van der Waals surface area (Å²) in [7, 11) is 0. The molecule has 1 heterocycles. The molecule has 0 bridgehead atoms. The molecule has 0 atom stereocenters. The maximum atomic E-state index is 6.58. The first-order valence-electron chi connectivity index (χ1n) is 17.3. The van der Waals surface area contributed by atoms with Crippen molar-refractivity contribution in [2.45, 2.75) is 0 Å². The highest BCUT2D eigenvalue weighted by Gasteiger charge is 2.18. The summed E-state index contributed by atoms with van der Waals surface area (Å²) in [4.78, 5) is 4.57. The molecule has 0 unspecified atom stereocenters. The highest BCUT2D eigenvalue weighted by molar-refractivity contribution is 6.11. The Labute approximate surface area is 297 Å². The van der Waals surface area contributed by atoms with E-state index >= 15 is 0 Å². The molecule has 9 rings (SSSR count). The molecule has 0 aliphatic heterocycles. The van der Waals surface area contributed by atoms with Crippen molar-refractivity contribution in [2.24, 2.45) is 0 Å². The molecule has 0 saturated heterocycles. The summed E-state index contributed by atoms with van der Waals surface area (Å²) < 4.78 is 6.58. The number of rotatable bonds is 8. The summed E-state index contributed by atoms with van der Waals surface area (Å²) in [6, 6.07) is 72.6. The molecule has 0 N–H and O–H groups in total. The SMILES string of the molecule is c1ccc(N(c2ccccc2)c2ccc(-c3cc(-c4ccc(N(c5ccccc5)c5ccccc5)cc4)c4oc5ccccc5c4c3)cc2)cc1. The van der Waals surface area contributed by atoms with E-state index < -0.39 is 0 Å². The zero-order valence-electron chi connectivity index (χ0n) is 27.9. The van der Waals surface area contributed by atoms with Gasteiger partial charge in [-0.05, 0) is 108 Å². The Morgan fingerprint density at radius 3 is 1.16 bits per heavy atom. The van der Waals surface area contributed by atoms with Crippen LogP contribution in [0.4, 0.5) is 34.1 Å². The van der Waals surface area contributed by atoms with Crippen LogP contribution in [0.1, 0.15) is 0 Å². The van der Waals surface area contributed by atoms with Gasteiger partial charge in [0.25, 0.3) is 0 Å². The molecule has 0 spiro atoms. The van der Waals surface area contributed by atoms with Crippen molar-refractivity contribution in [3.8, 4) is 22.3 Å². The van der Waals surface area contributed by atoms with Crippen molar-refractivity contribution in [3.05, 3.63) is 206 Å². The van der Waals surface area contributed by atoms with E-state index in [-0.39, 0.29) is 0 Å². The monoisotopic (exact) mass is 654 g/mol. The quantitative estimate of drug-likeness (QED) is 0.163. The number of benzene rings is 8. The lowest BCUT2D eigenvalue weighted by atomic mass is 9.95. The first kappa shape index (κ1) is 30.2. The van der Waals surface area contributed by atoms with Crippen molar-refractivity contribution in [2.75, 3.05) is 9.80 Å². The Bertz CT molecular complexity index is 2470. The zero-order chi connectivity index (χ0) is 34.0. The van der Waals surface area contributed by atoms with Gasteiger partial charge in [-0.15, -0.1) is 0 Å². The van der Waals surface area contributed by atoms with Crippen LogP contribution in [-0.2, 0) is 0 Å². The van der Waals surface area contributed by atoms with E-state index in [1.165, 1.54) is 0 Å². The van der Waals surface area contributed by atoms with E-state index in [0.29, 0.717) is 0 Å². The number of hydrogen-bond donors (Lipinski definition) is 0. The molecule has 0 fully saturated rings. The minimum Gasteiger partial charge on any atom is -0.455 e. The van der Waals surface area contributed by atoms with Crippen LogP contribution in [0.15, 0.2) is 211 Å². The highest BCUT2D eigenvalue weighted by Crippen LogP contribution is 2.42. The normalized spacial score (nSPS) is 11.1. The summed E-state index contributed by atoms with van der Waals surface area (Å²) in [5.74, 6) is 0. The summed E-state index contributed by atoms with van der Waals surface area (Å²) in [6.07, 6.45) is 0. The predicted octanol–water partition coefficient (Wildman–Crippen LogP) is 13.9.